The Kier molecular flexibility index (Phi) is 7.35. The predicted octanol–water partition coefficient (Wildman–Crippen LogP) is 6.22. The van der Waals surface area contributed by atoms with Crippen LogP contribution in [0, 0.1) is 22.9 Å². The summed E-state index contributed by atoms with van der Waals surface area (Å²) in [6.07, 6.45) is 1.52. The van der Waals surface area contributed by atoms with E-state index in [1.165, 1.54) is 13.2 Å². The van der Waals surface area contributed by atoms with Gasteiger partial charge in [-0.25, -0.2) is 18.0 Å². The molecule has 0 spiro atoms. The van der Waals surface area contributed by atoms with Gasteiger partial charge in [-0.15, -0.1) is 0 Å². The minimum atomic E-state index is -1.06. The Morgan fingerprint density at radius 1 is 1.08 bits per heavy atom. The maximum atomic E-state index is 16.0. The minimum Gasteiger partial charge on any atom is -0.465 e. The zero-order valence-corrected chi connectivity index (χ0v) is 20.6. The summed E-state index contributed by atoms with van der Waals surface area (Å²) in [5.41, 5.74) is 8.55. The standard InChI is InChI=1S/C28H26F3N3O3/c1-4-15(14-36-2)27-23(16-5-7-17(8-6-16)28(35)37-3)24-22(11-18(13-32)26(33)25(24)31)34(27)19-9-10-20(29)21(30)12-19/h5-13,15,32H,4,14,33H2,1-3H3. The molecule has 3 N–H and O–H groups in total. The quantitative estimate of drug-likeness (QED) is 0.168. The van der Waals surface area contributed by atoms with Gasteiger partial charge in [-0.3, -0.25) is 0 Å². The average molecular weight is 510 g/mol. The second kappa shape index (κ2) is 10.5. The number of nitrogens with zero attached hydrogens (tertiary/aromatic N) is 1. The fourth-order valence-corrected chi connectivity index (χ4v) is 4.64. The van der Waals surface area contributed by atoms with Crippen LogP contribution in [0.4, 0.5) is 18.9 Å². The Balaban J connectivity index is 2.20. The SMILES string of the molecule is CCC(COC)c1c(-c2ccc(C(=O)OC)cc2)c2c(F)c(N)c(C=N)cc2n1-c1ccc(F)c(F)c1. The van der Waals surface area contributed by atoms with E-state index >= 15 is 4.39 Å². The number of nitrogen functional groups attached to an aromatic ring is 1. The largest absolute Gasteiger partial charge is 0.465 e. The maximum absolute atomic E-state index is 16.0. The summed E-state index contributed by atoms with van der Waals surface area (Å²) in [7, 11) is 2.82. The summed E-state index contributed by atoms with van der Waals surface area (Å²) in [5, 5.41) is 7.89. The van der Waals surface area contributed by atoms with Crippen molar-refractivity contribution in [2.45, 2.75) is 19.3 Å². The number of esters is 1. The molecular weight excluding hydrogens is 483 g/mol. The van der Waals surface area contributed by atoms with Crippen LogP contribution < -0.4 is 5.73 Å². The van der Waals surface area contributed by atoms with Gasteiger partial charge in [-0.1, -0.05) is 19.1 Å². The van der Waals surface area contributed by atoms with Crippen LogP contribution in [0.3, 0.4) is 0 Å². The normalized spacial score (nSPS) is 12.1. The van der Waals surface area contributed by atoms with Crippen molar-refractivity contribution in [1.29, 1.82) is 5.41 Å². The monoisotopic (exact) mass is 509 g/mol. The number of carbonyl (C=O) groups excluding carboxylic acids is 1. The van der Waals surface area contributed by atoms with Crippen LogP contribution in [0.15, 0.2) is 48.5 Å². The molecular formula is C28H26F3N3O3. The highest BCUT2D eigenvalue weighted by molar-refractivity contribution is 6.05. The number of anilines is 1. The number of benzene rings is 3. The van der Waals surface area contributed by atoms with Gasteiger partial charge in [0.25, 0.3) is 0 Å². The molecule has 0 amide bonds. The van der Waals surface area contributed by atoms with Crippen molar-refractivity contribution in [3.05, 3.63) is 82.8 Å². The van der Waals surface area contributed by atoms with Gasteiger partial charge >= 0.3 is 5.97 Å². The van der Waals surface area contributed by atoms with E-state index in [1.807, 2.05) is 6.92 Å². The van der Waals surface area contributed by atoms with Gasteiger partial charge in [-0.05, 0) is 42.3 Å². The van der Waals surface area contributed by atoms with Gasteiger partial charge in [0.2, 0.25) is 0 Å². The van der Waals surface area contributed by atoms with Gasteiger partial charge in [0.15, 0.2) is 17.5 Å². The third kappa shape index (κ3) is 4.46. The molecule has 3 aromatic carbocycles. The first-order valence-electron chi connectivity index (χ1n) is 11.6. The van der Waals surface area contributed by atoms with Crippen LogP contribution in [0.1, 0.15) is 40.9 Å². The highest BCUT2D eigenvalue weighted by Crippen LogP contribution is 2.44. The van der Waals surface area contributed by atoms with Crippen molar-refractivity contribution in [2.24, 2.45) is 0 Å². The number of nitrogens with one attached hydrogen (secondary N) is 1. The topological polar surface area (TPSA) is 90.3 Å². The number of halogens is 3. The molecule has 4 rings (SSSR count). The molecule has 37 heavy (non-hydrogen) atoms. The lowest BCUT2D eigenvalue weighted by molar-refractivity contribution is 0.0600. The number of hydrogen-bond donors (Lipinski definition) is 2. The number of rotatable bonds is 8. The molecule has 1 aromatic heterocycles. The Morgan fingerprint density at radius 2 is 1.78 bits per heavy atom. The molecule has 0 radical (unpaired) electrons. The van der Waals surface area contributed by atoms with E-state index in [0.717, 1.165) is 18.3 Å². The highest BCUT2D eigenvalue weighted by Gasteiger charge is 2.29. The predicted molar refractivity (Wildman–Crippen MR) is 137 cm³/mol. The van der Waals surface area contributed by atoms with Crippen molar-refractivity contribution in [3.8, 4) is 16.8 Å². The van der Waals surface area contributed by atoms with Gasteiger partial charge < -0.3 is 25.2 Å². The highest BCUT2D eigenvalue weighted by atomic mass is 19.2. The molecule has 4 aromatic rings. The van der Waals surface area contributed by atoms with Crippen molar-refractivity contribution in [2.75, 3.05) is 26.6 Å². The number of hydrogen-bond acceptors (Lipinski definition) is 5. The number of ether oxygens (including phenoxy) is 2. The Morgan fingerprint density at radius 3 is 2.35 bits per heavy atom. The van der Waals surface area contributed by atoms with Gasteiger partial charge in [0.1, 0.15) is 0 Å². The van der Waals surface area contributed by atoms with Crippen LogP contribution in [0.2, 0.25) is 0 Å². The number of fused-ring (bicyclic) bond motifs is 1. The van der Waals surface area contributed by atoms with Crippen LogP contribution in [-0.4, -0.2) is 37.6 Å². The molecule has 1 atom stereocenters. The Labute approximate surface area is 211 Å². The fraction of sp³-hybridized carbons (Fsp3) is 0.214. The Hall–Kier alpha value is -4.11. The average Bonchev–Trinajstić information content (AvgIpc) is 3.25. The first-order valence-corrected chi connectivity index (χ1v) is 11.6. The lowest BCUT2D eigenvalue weighted by Crippen LogP contribution is -2.12. The second-order valence-corrected chi connectivity index (χ2v) is 8.56. The van der Waals surface area contributed by atoms with E-state index in [0.29, 0.717) is 34.3 Å². The molecule has 0 saturated heterocycles. The fourth-order valence-electron chi connectivity index (χ4n) is 4.64. The van der Waals surface area contributed by atoms with Crippen molar-refractivity contribution in [1.82, 2.24) is 4.57 Å². The van der Waals surface area contributed by atoms with Gasteiger partial charge in [0.05, 0.1) is 30.5 Å². The third-order valence-corrected chi connectivity index (χ3v) is 6.46. The lowest BCUT2D eigenvalue weighted by atomic mass is 9.92. The summed E-state index contributed by atoms with van der Waals surface area (Å²) in [6, 6.07) is 11.5. The van der Waals surface area contributed by atoms with Crippen LogP contribution in [-0.2, 0) is 9.47 Å². The van der Waals surface area contributed by atoms with E-state index in [4.69, 9.17) is 20.6 Å². The molecule has 0 aliphatic heterocycles. The molecule has 0 aliphatic rings. The second-order valence-electron chi connectivity index (χ2n) is 8.56. The first-order chi connectivity index (χ1) is 17.8. The number of methoxy groups -OCH3 is 2. The summed E-state index contributed by atoms with van der Waals surface area (Å²) >= 11 is 0. The van der Waals surface area contributed by atoms with E-state index < -0.39 is 23.4 Å². The van der Waals surface area contributed by atoms with E-state index in [1.54, 1.807) is 42.0 Å². The van der Waals surface area contributed by atoms with Crippen molar-refractivity contribution >= 4 is 28.8 Å². The maximum Gasteiger partial charge on any atom is 0.337 e. The summed E-state index contributed by atoms with van der Waals surface area (Å²) in [4.78, 5) is 12.0. The molecule has 0 bridgehead atoms. The zero-order chi connectivity index (χ0) is 26.9. The van der Waals surface area contributed by atoms with Crippen LogP contribution in [0.25, 0.3) is 27.7 Å². The van der Waals surface area contributed by atoms with Crippen LogP contribution in [0.5, 0.6) is 0 Å². The third-order valence-electron chi connectivity index (χ3n) is 6.46. The van der Waals surface area contributed by atoms with E-state index in [-0.39, 0.29) is 34.8 Å². The molecule has 0 saturated carbocycles. The van der Waals surface area contributed by atoms with Crippen molar-refractivity contribution < 1.29 is 27.4 Å². The number of carbonyl (C=O) groups is 1. The number of aromatic nitrogens is 1. The molecule has 0 fully saturated rings. The molecule has 9 heteroatoms. The molecule has 6 nitrogen and oxygen atoms in total. The minimum absolute atomic E-state index is 0.144. The van der Waals surface area contributed by atoms with Crippen molar-refractivity contribution in [3.63, 3.8) is 0 Å². The summed E-state index contributed by atoms with van der Waals surface area (Å²) in [5.74, 6) is -3.62. The molecule has 1 heterocycles. The smallest absolute Gasteiger partial charge is 0.337 e. The zero-order valence-electron chi connectivity index (χ0n) is 20.6. The molecule has 0 aliphatic carbocycles. The summed E-state index contributed by atoms with van der Waals surface area (Å²) in [6.45, 7) is 2.20. The number of nitrogens with two attached hydrogens (primary N) is 1. The van der Waals surface area contributed by atoms with Gasteiger partial charge in [0, 0.05) is 53.2 Å². The van der Waals surface area contributed by atoms with Gasteiger partial charge in [-0.2, -0.15) is 0 Å². The molecule has 192 valence electrons. The van der Waals surface area contributed by atoms with E-state index in [9.17, 15) is 13.6 Å². The Bertz CT molecular complexity index is 1500. The first kappa shape index (κ1) is 26.0. The lowest BCUT2D eigenvalue weighted by Gasteiger charge is -2.21. The molecule has 1 unspecified atom stereocenters. The summed E-state index contributed by atoms with van der Waals surface area (Å²) < 4.78 is 56.2. The van der Waals surface area contributed by atoms with Crippen LogP contribution >= 0.6 is 0 Å². The van der Waals surface area contributed by atoms with E-state index in [2.05, 4.69) is 0 Å².